The summed E-state index contributed by atoms with van der Waals surface area (Å²) in [5.74, 6) is -0.0645. The minimum Gasteiger partial charge on any atom is -0.329 e. The molecule has 0 saturated carbocycles. The van der Waals surface area contributed by atoms with Crippen LogP contribution >= 0.6 is 0 Å². The average Bonchev–Trinajstić information content (AvgIpc) is 2.71. The minimum absolute atomic E-state index is 0.0645. The molecular formula is C12H14F3N3O. The molecule has 1 aromatic rings. The summed E-state index contributed by atoms with van der Waals surface area (Å²) in [7, 11) is 0. The fourth-order valence-electron chi connectivity index (χ4n) is 2.04. The van der Waals surface area contributed by atoms with Crippen molar-refractivity contribution in [3.63, 3.8) is 0 Å². The Morgan fingerprint density at radius 2 is 1.84 bits per heavy atom. The zero-order valence-electron chi connectivity index (χ0n) is 10.2. The largest absolute Gasteiger partial charge is 0.416 e. The van der Waals surface area contributed by atoms with Crippen molar-refractivity contribution in [2.24, 2.45) is 5.73 Å². The summed E-state index contributed by atoms with van der Waals surface area (Å²) in [6.45, 7) is 1.13. The van der Waals surface area contributed by atoms with Gasteiger partial charge in [0.05, 0.1) is 17.8 Å². The molecule has 0 radical (unpaired) electrons. The third-order valence-electron chi connectivity index (χ3n) is 2.95. The average molecular weight is 273 g/mol. The summed E-state index contributed by atoms with van der Waals surface area (Å²) >= 11 is 0. The molecule has 0 spiro atoms. The van der Waals surface area contributed by atoms with Gasteiger partial charge in [-0.3, -0.25) is 14.8 Å². The predicted octanol–water partition coefficient (Wildman–Crippen LogP) is 1.62. The molecule has 19 heavy (non-hydrogen) atoms. The third-order valence-corrected chi connectivity index (χ3v) is 2.95. The van der Waals surface area contributed by atoms with Gasteiger partial charge in [-0.2, -0.15) is 13.2 Å². The van der Waals surface area contributed by atoms with E-state index in [9.17, 15) is 18.0 Å². The Morgan fingerprint density at radius 3 is 2.37 bits per heavy atom. The van der Waals surface area contributed by atoms with Crippen molar-refractivity contribution in [3.05, 3.63) is 29.8 Å². The number of anilines is 1. The summed E-state index contributed by atoms with van der Waals surface area (Å²) in [6, 6.07) is 4.76. The highest BCUT2D eigenvalue weighted by Crippen LogP contribution is 2.31. The third kappa shape index (κ3) is 2.81. The number of rotatable bonds is 3. The molecule has 1 aliphatic heterocycles. The van der Waals surface area contributed by atoms with Crippen LogP contribution < -0.4 is 10.7 Å². The molecule has 1 aliphatic rings. The van der Waals surface area contributed by atoms with Gasteiger partial charge in [-0.15, -0.1) is 0 Å². The van der Waals surface area contributed by atoms with Gasteiger partial charge in [0.15, 0.2) is 0 Å². The first-order valence-electron chi connectivity index (χ1n) is 5.88. The minimum atomic E-state index is -4.35. The molecule has 0 aliphatic carbocycles. The van der Waals surface area contributed by atoms with Gasteiger partial charge in [-0.1, -0.05) is 0 Å². The van der Waals surface area contributed by atoms with Crippen molar-refractivity contribution in [2.45, 2.75) is 12.6 Å². The van der Waals surface area contributed by atoms with Gasteiger partial charge in [0.25, 0.3) is 0 Å². The Morgan fingerprint density at radius 1 is 1.21 bits per heavy atom. The Hall–Kier alpha value is -1.76. The van der Waals surface area contributed by atoms with Crippen LogP contribution in [0.3, 0.4) is 0 Å². The number of amides is 1. The van der Waals surface area contributed by atoms with Crippen LogP contribution in [0, 0.1) is 0 Å². The van der Waals surface area contributed by atoms with E-state index < -0.39 is 11.7 Å². The van der Waals surface area contributed by atoms with Gasteiger partial charge < -0.3 is 5.73 Å². The molecule has 104 valence electrons. The van der Waals surface area contributed by atoms with E-state index in [1.807, 2.05) is 0 Å². The number of hydrogen-bond acceptors (Lipinski definition) is 3. The summed E-state index contributed by atoms with van der Waals surface area (Å²) in [5, 5.41) is 3.14. The van der Waals surface area contributed by atoms with Crippen LogP contribution in [0.2, 0.25) is 0 Å². The first kappa shape index (κ1) is 13.7. The second-order valence-corrected chi connectivity index (χ2v) is 4.22. The van der Waals surface area contributed by atoms with Crippen molar-refractivity contribution in [2.75, 3.05) is 24.6 Å². The fraction of sp³-hybridized carbons (Fsp3) is 0.417. The molecule has 2 N–H and O–H groups in total. The van der Waals surface area contributed by atoms with Crippen molar-refractivity contribution < 1.29 is 18.0 Å². The highest BCUT2D eigenvalue weighted by atomic mass is 19.4. The Bertz CT molecular complexity index is 458. The number of halogens is 3. The van der Waals surface area contributed by atoms with E-state index in [0.717, 1.165) is 12.1 Å². The van der Waals surface area contributed by atoms with Crippen molar-refractivity contribution in [3.8, 4) is 0 Å². The van der Waals surface area contributed by atoms with Gasteiger partial charge in [0.1, 0.15) is 0 Å². The number of hydrazine groups is 1. The molecule has 1 amide bonds. The first-order chi connectivity index (χ1) is 8.93. The number of alkyl halides is 3. The van der Waals surface area contributed by atoms with Gasteiger partial charge in [-0.25, -0.2) is 0 Å². The van der Waals surface area contributed by atoms with Crippen LogP contribution in [0.25, 0.3) is 0 Å². The lowest BCUT2D eigenvalue weighted by Gasteiger charge is -2.29. The zero-order chi connectivity index (χ0) is 14.0. The van der Waals surface area contributed by atoms with Crippen LogP contribution in [0.15, 0.2) is 24.3 Å². The SMILES string of the molecule is NCCN1C(=O)CCN1c1ccc(C(F)(F)F)cc1. The van der Waals surface area contributed by atoms with Crippen LogP contribution in [-0.4, -0.2) is 30.6 Å². The highest BCUT2D eigenvalue weighted by Gasteiger charge is 2.32. The number of hydrogen-bond donors (Lipinski definition) is 1. The zero-order valence-corrected chi connectivity index (χ0v) is 10.2. The lowest BCUT2D eigenvalue weighted by molar-refractivity contribution is -0.137. The van der Waals surface area contributed by atoms with Gasteiger partial charge >= 0.3 is 6.18 Å². The van der Waals surface area contributed by atoms with E-state index in [-0.39, 0.29) is 5.91 Å². The molecule has 1 aromatic carbocycles. The summed E-state index contributed by atoms with van der Waals surface area (Å²) in [4.78, 5) is 11.6. The van der Waals surface area contributed by atoms with Crippen LogP contribution in [-0.2, 0) is 11.0 Å². The predicted molar refractivity (Wildman–Crippen MR) is 64.2 cm³/mol. The summed E-state index contributed by atoms with van der Waals surface area (Å²) in [6.07, 6.45) is -4.00. The molecule has 0 aromatic heterocycles. The van der Waals surface area contributed by atoms with E-state index in [4.69, 9.17) is 5.73 Å². The number of carbonyl (C=O) groups excluding carboxylic acids is 1. The molecule has 4 nitrogen and oxygen atoms in total. The quantitative estimate of drug-likeness (QED) is 0.910. The van der Waals surface area contributed by atoms with E-state index in [2.05, 4.69) is 0 Å². The first-order valence-corrected chi connectivity index (χ1v) is 5.88. The normalized spacial score (nSPS) is 16.3. The number of nitrogens with two attached hydrogens (primary N) is 1. The van der Waals surface area contributed by atoms with Crippen LogP contribution in [0.4, 0.5) is 18.9 Å². The van der Waals surface area contributed by atoms with E-state index in [1.54, 1.807) is 5.01 Å². The number of benzene rings is 1. The lowest BCUT2D eigenvalue weighted by atomic mass is 10.2. The van der Waals surface area contributed by atoms with Crippen LogP contribution in [0.1, 0.15) is 12.0 Å². The Balaban J connectivity index is 2.20. The lowest BCUT2D eigenvalue weighted by Crippen LogP contribution is -2.42. The standard InChI is InChI=1S/C12H14F3N3O/c13-12(14,15)9-1-3-10(4-2-9)17-7-5-11(19)18(17)8-6-16/h1-4H,5-8,16H2. The van der Waals surface area contributed by atoms with E-state index >= 15 is 0 Å². The molecule has 0 bridgehead atoms. The second-order valence-electron chi connectivity index (χ2n) is 4.22. The fourth-order valence-corrected chi connectivity index (χ4v) is 2.04. The molecule has 0 unspecified atom stereocenters. The van der Waals surface area contributed by atoms with Gasteiger partial charge in [0, 0.05) is 19.5 Å². The Labute approximate surface area is 108 Å². The highest BCUT2D eigenvalue weighted by molar-refractivity contribution is 5.81. The molecule has 0 atom stereocenters. The molecular weight excluding hydrogens is 259 g/mol. The van der Waals surface area contributed by atoms with Crippen molar-refractivity contribution in [1.29, 1.82) is 0 Å². The molecule has 7 heteroatoms. The van der Waals surface area contributed by atoms with Crippen molar-refractivity contribution in [1.82, 2.24) is 5.01 Å². The summed E-state index contributed by atoms with van der Waals surface area (Å²) in [5.41, 5.74) is 5.28. The van der Waals surface area contributed by atoms with Gasteiger partial charge in [0.2, 0.25) is 5.91 Å². The maximum absolute atomic E-state index is 12.5. The molecule has 1 saturated heterocycles. The molecule has 1 fully saturated rings. The maximum Gasteiger partial charge on any atom is 0.416 e. The molecule has 2 rings (SSSR count). The Kier molecular flexibility index (Phi) is 3.66. The maximum atomic E-state index is 12.5. The smallest absolute Gasteiger partial charge is 0.329 e. The number of carbonyl (C=O) groups is 1. The summed E-state index contributed by atoms with van der Waals surface area (Å²) < 4.78 is 37.4. The van der Waals surface area contributed by atoms with E-state index in [1.165, 1.54) is 17.1 Å². The van der Waals surface area contributed by atoms with Crippen LogP contribution in [0.5, 0.6) is 0 Å². The number of nitrogens with zero attached hydrogens (tertiary/aromatic N) is 2. The van der Waals surface area contributed by atoms with E-state index in [0.29, 0.717) is 31.7 Å². The molecule has 1 heterocycles. The second kappa shape index (κ2) is 5.08. The van der Waals surface area contributed by atoms with Crippen molar-refractivity contribution >= 4 is 11.6 Å². The topological polar surface area (TPSA) is 49.6 Å². The van der Waals surface area contributed by atoms with Gasteiger partial charge in [-0.05, 0) is 24.3 Å². The monoisotopic (exact) mass is 273 g/mol.